The van der Waals surface area contributed by atoms with Crippen LogP contribution in [0.15, 0.2) is 11.8 Å². The molecule has 2 heterocycles. The van der Waals surface area contributed by atoms with Gasteiger partial charge in [0.25, 0.3) is 0 Å². The fourth-order valence-corrected chi connectivity index (χ4v) is 4.25. The molecular weight excluding hydrogens is 276 g/mol. The summed E-state index contributed by atoms with van der Waals surface area (Å²) in [4.78, 5) is 13.3. The van der Waals surface area contributed by atoms with Crippen molar-refractivity contribution in [1.29, 1.82) is 0 Å². The first-order valence-corrected chi connectivity index (χ1v) is 8.04. The molecule has 0 spiro atoms. The molecule has 4 heteroatoms. The van der Waals surface area contributed by atoms with Crippen molar-refractivity contribution in [1.82, 2.24) is 0 Å². The maximum atomic E-state index is 11.1. The standard InChI is InChI=1S/C18H24N2O2/c1-10(20(21)22)9-15-16-7-6-8-19(16)18-14(5)12(3)11(2)13(4)17(15)18/h9,15-16H,6-8H2,1-5H3/b10-9+. The molecule has 0 aliphatic carbocycles. The second-order valence-electron chi connectivity index (χ2n) is 6.76. The minimum Gasteiger partial charge on any atom is -0.367 e. The molecule has 2 unspecified atom stereocenters. The Hall–Kier alpha value is -1.84. The fraction of sp³-hybridized carbons (Fsp3) is 0.556. The van der Waals surface area contributed by atoms with Crippen molar-refractivity contribution in [2.75, 3.05) is 11.4 Å². The van der Waals surface area contributed by atoms with Crippen molar-refractivity contribution in [3.63, 3.8) is 0 Å². The second kappa shape index (κ2) is 5.11. The normalized spacial score (nSPS) is 23.7. The topological polar surface area (TPSA) is 46.4 Å². The van der Waals surface area contributed by atoms with Crippen LogP contribution in [-0.4, -0.2) is 17.5 Å². The zero-order valence-electron chi connectivity index (χ0n) is 14.1. The molecule has 0 amide bonds. The van der Waals surface area contributed by atoms with Gasteiger partial charge in [-0.25, -0.2) is 0 Å². The van der Waals surface area contributed by atoms with Crippen LogP contribution in [-0.2, 0) is 0 Å². The molecule has 0 bridgehead atoms. The van der Waals surface area contributed by atoms with Gasteiger partial charge in [0.1, 0.15) is 0 Å². The third kappa shape index (κ3) is 1.97. The summed E-state index contributed by atoms with van der Waals surface area (Å²) in [6.45, 7) is 11.4. The van der Waals surface area contributed by atoms with Gasteiger partial charge in [-0.2, -0.15) is 0 Å². The van der Waals surface area contributed by atoms with Crippen molar-refractivity contribution in [3.8, 4) is 0 Å². The van der Waals surface area contributed by atoms with E-state index in [4.69, 9.17) is 0 Å². The summed E-state index contributed by atoms with van der Waals surface area (Å²) in [6, 6.07) is 0.392. The van der Waals surface area contributed by atoms with Crippen molar-refractivity contribution in [2.45, 2.75) is 59.4 Å². The molecule has 1 saturated heterocycles. The number of fused-ring (bicyclic) bond motifs is 3. The third-order valence-electron chi connectivity index (χ3n) is 5.74. The molecule has 0 saturated carbocycles. The number of benzene rings is 1. The summed E-state index contributed by atoms with van der Waals surface area (Å²) in [5.74, 6) is 0.154. The molecular formula is C18H24N2O2. The van der Waals surface area contributed by atoms with Gasteiger partial charge in [0.05, 0.1) is 4.92 Å². The molecule has 1 aromatic rings. The van der Waals surface area contributed by atoms with E-state index in [0.717, 1.165) is 13.0 Å². The van der Waals surface area contributed by atoms with Crippen LogP contribution in [0, 0.1) is 37.8 Å². The maximum Gasteiger partial charge on any atom is 0.239 e. The molecule has 2 aliphatic heterocycles. The van der Waals surface area contributed by atoms with Crippen LogP contribution in [0.3, 0.4) is 0 Å². The maximum absolute atomic E-state index is 11.1. The second-order valence-corrected chi connectivity index (χ2v) is 6.76. The van der Waals surface area contributed by atoms with Gasteiger partial charge in [0.2, 0.25) is 5.70 Å². The van der Waals surface area contributed by atoms with Crippen LogP contribution >= 0.6 is 0 Å². The van der Waals surface area contributed by atoms with Gasteiger partial charge in [-0.15, -0.1) is 0 Å². The van der Waals surface area contributed by atoms with Crippen LogP contribution in [0.2, 0.25) is 0 Å². The van der Waals surface area contributed by atoms with Gasteiger partial charge in [-0.05, 0) is 74.4 Å². The van der Waals surface area contributed by atoms with Gasteiger partial charge in [0, 0.05) is 31.1 Å². The van der Waals surface area contributed by atoms with Gasteiger partial charge >= 0.3 is 0 Å². The van der Waals surface area contributed by atoms with Crippen LogP contribution in [0.5, 0.6) is 0 Å². The zero-order chi connectivity index (χ0) is 16.2. The number of hydrogen-bond acceptors (Lipinski definition) is 3. The van der Waals surface area contributed by atoms with E-state index < -0.39 is 0 Å². The summed E-state index contributed by atoms with van der Waals surface area (Å²) < 4.78 is 0. The van der Waals surface area contributed by atoms with Crippen molar-refractivity contribution in [3.05, 3.63) is 49.7 Å². The molecule has 3 rings (SSSR count). The third-order valence-corrected chi connectivity index (χ3v) is 5.74. The Bertz CT molecular complexity index is 691. The van der Waals surface area contributed by atoms with Crippen molar-refractivity contribution < 1.29 is 4.92 Å². The number of anilines is 1. The lowest BCUT2D eigenvalue weighted by Gasteiger charge is -2.23. The van der Waals surface area contributed by atoms with Gasteiger partial charge < -0.3 is 4.90 Å². The molecule has 1 aromatic carbocycles. The molecule has 22 heavy (non-hydrogen) atoms. The predicted octanol–water partition coefficient (Wildman–Crippen LogP) is 4.17. The first kappa shape index (κ1) is 15.1. The van der Waals surface area contributed by atoms with Crippen LogP contribution in [0.4, 0.5) is 5.69 Å². The zero-order valence-corrected chi connectivity index (χ0v) is 14.1. The Morgan fingerprint density at radius 3 is 2.45 bits per heavy atom. The van der Waals surface area contributed by atoms with E-state index in [1.165, 1.54) is 39.9 Å². The van der Waals surface area contributed by atoms with Crippen LogP contribution in [0.1, 0.15) is 53.5 Å². The highest BCUT2D eigenvalue weighted by Gasteiger charge is 2.43. The highest BCUT2D eigenvalue weighted by molar-refractivity contribution is 5.73. The lowest BCUT2D eigenvalue weighted by molar-refractivity contribution is -0.424. The number of hydrogen-bond donors (Lipinski definition) is 0. The van der Waals surface area contributed by atoms with Crippen molar-refractivity contribution in [2.24, 2.45) is 0 Å². The highest BCUT2D eigenvalue weighted by Crippen LogP contribution is 2.51. The molecule has 1 fully saturated rings. The fourth-order valence-electron chi connectivity index (χ4n) is 4.25. The van der Waals surface area contributed by atoms with E-state index in [0.29, 0.717) is 6.04 Å². The van der Waals surface area contributed by atoms with Gasteiger partial charge in [-0.1, -0.05) is 0 Å². The molecule has 2 aliphatic rings. The van der Waals surface area contributed by atoms with E-state index in [9.17, 15) is 10.1 Å². The van der Waals surface area contributed by atoms with E-state index in [2.05, 4.69) is 32.6 Å². The Kier molecular flexibility index (Phi) is 3.50. The Morgan fingerprint density at radius 2 is 1.82 bits per heavy atom. The summed E-state index contributed by atoms with van der Waals surface area (Å²) >= 11 is 0. The lowest BCUT2D eigenvalue weighted by atomic mass is 9.85. The summed E-state index contributed by atoms with van der Waals surface area (Å²) in [6.07, 6.45) is 4.19. The lowest BCUT2D eigenvalue weighted by Crippen LogP contribution is -2.27. The minimum absolute atomic E-state index is 0.154. The van der Waals surface area contributed by atoms with Gasteiger partial charge in [-0.3, -0.25) is 10.1 Å². The molecule has 0 aromatic heterocycles. The van der Waals surface area contributed by atoms with E-state index in [1.54, 1.807) is 6.92 Å². The molecule has 4 nitrogen and oxygen atoms in total. The average Bonchev–Trinajstić information content (AvgIpc) is 3.04. The largest absolute Gasteiger partial charge is 0.367 e. The summed E-state index contributed by atoms with van der Waals surface area (Å²) in [7, 11) is 0. The van der Waals surface area contributed by atoms with E-state index in [1.807, 2.05) is 6.08 Å². The smallest absolute Gasteiger partial charge is 0.239 e. The van der Waals surface area contributed by atoms with Crippen molar-refractivity contribution >= 4 is 5.69 Å². The van der Waals surface area contributed by atoms with Crippen LogP contribution < -0.4 is 4.90 Å². The van der Waals surface area contributed by atoms with E-state index in [-0.39, 0.29) is 16.5 Å². The number of nitro groups is 1. The molecule has 0 radical (unpaired) electrons. The highest BCUT2D eigenvalue weighted by atomic mass is 16.6. The first-order chi connectivity index (χ1) is 10.3. The van der Waals surface area contributed by atoms with Gasteiger partial charge in [0.15, 0.2) is 0 Å². The Balaban J connectivity index is 2.24. The Morgan fingerprint density at radius 1 is 1.18 bits per heavy atom. The first-order valence-electron chi connectivity index (χ1n) is 8.04. The number of allylic oxidation sites excluding steroid dienone is 1. The Labute approximate surface area is 132 Å². The van der Waals surface area contributed by atoms with E-state index >= 15 is 0 Å². The monoisotopic (exact) mass is 300 g/mol. The number of rotatable bonds is 2. The quantitative estimate of drug-likeness (QED) is 0.608. The van der Waals surface area contributed by atoms with Crippen LogP contribution in [0.25, 0.3) is 0 Å². The molecule has 2 atom stereocenters. The minimum atomic E-state index is -0.263. The predicted molar refractivity (Wildman–Crippen MR) is 89.3 cm³/mol. The average molecular weight is 300 g/mol. The molecule has 118 valence electrons. The molecule has 0 N–H and O–H groups in total. The SMILES string of the molecule is C/C(=C\C1c2c(C)c(C)c(C)c(C)c2N2CCCC12)[N+](=O)[O-]. The number of nitrogens with zero attached hydrogens (tertiary/aromatic N) is 2. The summed E-state index contributed by atoms with van der Waals surface area (Å²) in [5, 5.41) is 11.1. The summed E-state index contributed by atoms with van der Waals surface area (Å²) in [5.41, 5.74) is 8.28.